The molecule has 88 valence electrons. The standard InChI is InChI=1S/C11H13F2NO2/c1-6(11(15)16)10(14-2)7-3-4-8(12)9(13)5-7/h3-6,10,14H,1-2H3,(H,15,16). The molecule has 0 aliphatic carbocycles. The Morgan fingerprint density at radius 1 is 1.38 bits per heavy atom. The maximum atomic E-state index is 13.0. The van der Waals surface area contributed by atoms with E-state index in [-0.39, 0.29) is 0 Å². The van der Waals surface area contributed by atoms with E-state index >= 15 is 0 Å². The van der Waals surface area contributed by atoms with Gasteiger partial charge in [0, 0.05) is 6.04 Å². The average Bonchev–Trinajstić information content (AvgIpc) is 2.24. The van der Waals surface area contributed by atoms with Crippen molar-refractivity contribution in [2.24, 2.45) is 5.92 Å². The van der Waals surface area contributed by atoms with E-state index in [1.807, 2.05) is 0 Å². The van der Waals surface area contributed by atoms with E-state index < -0.39 is 29.6 Å². The molecule has 2 N–H and O–H groups in total. The highest BCUT2D eigenvalue weighted by molar-refractivity contribution is 5.70. The van der Waals surface area contributed by atoms with Gasteiger partial charge in [-0.2, -0.15) is 0 Å². The van der Waals surface area contributed by atoms with Gasteiger partial charge in [-0.25, -0.2) is 8.78 Å². The number of nitrogens with one attached hydrogen (secondary N) is 1. The van der Waals surface area contributed by atoms with Crippen molar-refractivity contribution in [3.8, 4) is 0 Å². The molecule has 0 radical (unpaired) electrons. The number of carboxylic acids is 1. The third-order valence-electron chi connectivity index (χ3n) is 2.50. The van der Waals surface area contributed by atoms with Gasteiger partial charge in [-0.15, -0.1) is 0 Å². The van der Waals surface area contributed by atoms with E-state index in [1.165, 1.54) is 13.0 Å². The Balaban J connectivity index is 3.04. The fourth-order valence-corrected chi connectivity index (χ4v) is 1.55. The van der Waals surface area contributed by atoms with E-state index in [1.54, 1.807) is 7.05 Å². The van der Waals surface area contributed by atoms with Crippen molar-refractivity contribution in [1.82, 2.24) is 5.32 Å². The molecule has 0 saturated heterocycles. The van der Waals surface area contributed by atoms with E-state index in [2.05, 4.69) is 5.32 Å². The number of carbonyl (C=O) groups is 1. The van der Waals surface area contributed by atoms with Crippen LogP contribution in [0.4, 0.5) is 8.78 Å². The summed E-state index contributed by atoms with van der Waals surface area (Å²) in [6.45, 7) is 1.50. The first-order chi connectivity index (χ1) is 7.47. The van der Waals surface area contributed by atoms with Crippen molar-refractivity contribution in [3.63, 3.8) is 0 Å². The molecule has 0 aliphatic rings. The van der Waals surface area contributed by atoms with Gasteiger partial charge in [0.25, 0.3) is 0 Å². The van der Waals surface area contributed by atoms with Crippen LogP contribution in [0.5, 0.6) is 0 Å². The van der Waals surface area contributed by atoms with Gasteiger partial charge in [-0.3, -0.25) is 4.79 Å². The maximum Gasteiger partial charge on any atom is 0.308 e. The topological polar surface area (TPSA) is 49.3 Å². The number of rotatable bonds is 4. The highest BCUT2D eigenvalue weighted by Crippen LogP contribution is 2.23. The van der Waals surface area contributed by atoms with Crippen molar-refractivity contribution in [1.29, 1.82) is 0 Å². The summed E-state index contributed by atoms with van der Waals surface area (Å²) in [5.41, 5.74) is 0.413. The largest absolute Gasteiger partial charge is 0.481 e. The summed E-state index contributed by atoms with van der Waals surface area (Å²) in [5, 5.41) is 11.6. The fraction of sp³-hybridized carbons (Fsp3) is 0.364. The van der Waals surface area contributed by atoms with E-state index in [9.17, 15) is 13.6 Å². The lowest BCUT2D eigenvalue weighted by Crippen LogP contribution is -2.28. The predicted octanol–water partition coefficient (Wildman–Crippen LogP) is 1.95. The van der Waals surface area contributed by atoms with Crippen molar-refractivity contribution in [3.05, 3.63) is 35.4 Å². The number of carboxylic acid groups (broad SMARTS) is 1. The van der Waals surface area contributed by atoms with Gasteiger partial charge in [0.15, 0.2) is 11.6 Å². The lowest BCUT2D eigenvalue weighted by Gasteiger charge is -2.20. The maximum absolute atomic E-state index is 13.0. The number of halogens is 2. The predicted molar refractivity (Wildman–Crippen MR) is 55.0 cm³/mol. The molecule has 0 spiro atoms. The number of hydrogen-bond acceptors (Lipinski definition) is 2. The summed E-state index contributed by atoms with van der Waals surface area (Å²) in [5.74, 6) is -3.64. The molecule has 1 aromatic rings. The molecule has 0 aliphatic heterocycles. The quantitative estimate of drug-likeness (QED) is 0.829. The summed E-state index contributed by atoms with van der Waals surface area (Å²) >= 11 is 0. The second kappa shape index (κ2) is 5.03. The SMILES string of the molecule is CNC(c1ccc(F)c(F)c1)C(C)C(=O)O. The van der Waals surface area contributed by atoms with Crippen molar-refractivity contribution >= 4 is 5.97 Å². The van der Waals surface area contributed by atoms with Gasteiger partial charge in [0.1, 0.15) is 0 Å². The van der Waals surface area contributed by atoms with Crippen LogP contribution < -0.4 is 5.32 Å². The first kappa shape index (κ1) is 12.6. The molecule has 0 fully saturated rings. The lowest BCUT2D eigenvalue weighted by atomic mass is 9.94. The molecule has 0 saturated carbocycles. The Hall–Kier alpha value is -1.49. The van der Waals surface area contributed by atoms with E-state index in [0.29, 0.717) is 5.56 Å². The summed E-state index contributed by atoms with van der Waals surface area (Å²) in [6.07, 6.45) is 0. The van der Waals surface area contributed by atoms with Gasteiger partial charge in [0.05, 0.1) is 5.92 Å². The van der Waals surface area contributed by atoms with Crippen LogP contribution in [0.25, 0.3) is 0 Å². The van der Waals surface area contributed by atoms with Crippen molar-refractivity contribution in [2.45, 2.75) is 13.0 Å². The molecule has 5 heteroatoms. The molecule has 0 amide bonds. The molecule has 16 heavy (non-hydrogen) atoms. The Labute approximate surface area is 92.1 Å². The molecule has 2 atom stereocenters. The molecule has 3 nitrogen and oxygen atoms in total. The minimum Gasteiger partial charge on any atom is -0.481 e. The normalized spacial score (nSPS) is 14.5. The second-order valence-corrected chi connectivity index (χ2v) is 3.57. The summed E-state index contributed by atoms with van der Waals surface area (Å²) in [7, 11) is 1.57. The molecular weight excluding hydrogens is 216 g/mol. The van der Waals surface area contributed by atoms with Crippen LogP contribution in [0.1, 0.15) is 18.5 Å². The van der Waals surface area contributed by atoms with Crippen molar-refractivity contribution in [2.75, 3.05) is 7.05 Å². The Kier molecular flexibility index (Phi) is 3.95. The monoisotopic (exact) mass is 229 g/mol. The molecular formula is C11H13F2NO2. The van der Waals surface area contributed by atoms with Crippen LogP contribution in [0, 0.1) is 17.6 Å². The third-order valence-corrected chi connectivity index (χ3v) is 2.50. The van der Waals surface area contributed by atoms with Crippen LogP contribution >= 0.6 is 0 Å². The smallest absolute Gasteiger partial charge is 0.308 e. The van der Waals surface area contributed by atoms with Crippen LogP contribution in [0.15, 0.2) is 18.2 Å². The Morgan fingerprint density at radius 3 is 2.44 bits per heavy atom. The average molecular weight is 229 g/mol. The van der Waals surface area contributed by atoms with Crippen LogP contribution in [0.2, 0.25) is 0 Å². The van der Waals surface area contributed by atoms with Gasteiger partial charge >= 0.3 is 5.97 Å². The van der Waals surface area contributed by atoms with Gasteiger partial charge in [0.2, 0.25) is 0 Å². The molecule has 0 bridgehead atoms. The highest BCUT2D eigenvalue weighted by atomic mass is 19.2. The summed E-state index contributed by atoms with van der Waals surface area (Å²) in [6, 6.07) is 2.83. The van der Waals surface area contributed by atoms with Gasteiger partial charge < -0.3 is 10.4 Å². The zero-order valence-electron chi connectivity index (χ0n) is 9.00. The highest BCUT2D eigenvalue weighted by Gasteiger charge is 2.24. The third kappa shape index (κ3) is 2.55. The number of hydrogen-bond donors (Lipinski definition) is 2. The van der Waals surface area contributed by atoms with Crippen LogP contribution in [0.3, 0.4) is 0 Å². The molecule has 2 unspecified atom stereocenters. The van der Waals surface area contributed by atoms with E-state index in [0.717, 1.165) is 12.1 Å². The van der Waals surface area contributed by atoms with Crippen molar-refractivity contribution < 1.29 is 18.7 Å². The first-order valence-electron chi connectivity index (χ1n) is 4.82. The van der Waals surface area contributed by atoms with Gasteiger partial charge in [-0.05, 0) is 24.7 Å². The summed E-state index contributed by atoms with van der Waals surface area (Å²) < 4.78 is 25.7. The molecule has 0 aromatic heterocycles. The Bertz CT molecular complexity index is 396. The van der Waals surface area contributed by atoms with Crippen LogP contribution in [-0.4, -0.2) is 18.1 Å². The minimum atomic E-state index is -0.996. The fourth-order valence-electron chi connectivity index (χ4n) is 1.55. The molecule has 1 rings (SSSR count). The van der Waals surface area contributed by atoms with E-state index in [4.69, 9.17) is 5.11 Å². The van der Waals surface area contributed by atoms with Gasteiger partial charge in [-0.1, -0.05) is 13.0 Å². The zero-order valence-corrected chi connectivity index (χ0v) is 9.00. The molecule has 1 aromatic carbocycles. The lowest BCUT2D eigenvalue weighted by molar-refractivity contribution is -0.142. The van der Waals surface area contributed by atoms with Crippen LogP contribution in [-0.2, 0) is 4.79 Å². The second-order valence-electron chi connectivity index (χ2n) is 3.57. The number of benzene rings is 1. The first-order valence-corrected chi connectivity index (χ1v) is 4.82. The zero-order chi connectivity index (χ0) is 12.3. The number of aliphatic carboxylic acids is 1. The Morgan fingerprint density at radius 2 is 2.00 bits per heavy atom. The molecule has 0 heterocycles. The minimum absolute atomic E-state index is 0.413. The summed E-state index contributed by atoms with van der Waals surface area (Å²) in [4.78, 5) is 10.8.